The smallest absolute Gasteiger partial charge is 0.343 e. The number of fused-ring (bicyclic) bond motifs is 5. The Morgan fingerprint density at radius 3 is 2.19 bits per heavy atom. The number of hydrogen-bond acceptors (Lipinski definition) is 17. The topological polar surface area (TPSA) is 389 Å². The Balaban J connectivity index is 0.795. The van der Waals surface area contributed by atoms with Gasteiger partial charge in [-0.3, -0.25) is 57.6 Å². The van der Waals surface area contributed by atoms with Crippen molar-refractivity contribution in [3.05, 3.63) is 110 Å². The number of nitrogens with zero attached hydrogens (tertiary/aromatic N) is 3. The molecular formula is C57H61FN10O17. The zero-order valence-corrected chi connectivity index (χ0v) is 46.0. The van der Waals surface area contributed by atoms with Crippen LogP contribution in [0.5, 0.6) is 0 Å². The molecule has 1 fully saturated rings. The molecule has 2 aromatic carbocycles. The first-order valence-electron chi connectivity index (χ1n) is 27.5. The molecule has 2 aromatic heterocycles. The van der Waals surface area contributed by atoms with E-state index in [-0.39, 0.29) is 43.0 Å². The summed E-state index contributed by atoms with van der Waals surface area (Å²) in [7, 11) is 0. The van der Waals surface area contributed by atoms with Crippen LogP contribution in [0.25, 0.3) is 22.3 Å². The number of ether oxygens (including phenoxy) is 2. The van der Waals surface area contributed by atoms with Gasteiger partial charge in [-0.1, -0.05) is 37.3 Å². The Morgan fingerprint density at radius 1 is 0.835 bits per heavy atom. The second-order valence-corrected chi connectivity index (χ2v) is 21.2. The van der Waals surface area contributed by atoms with Crippen molar-refractivity contribution in [3.8, 4) is 11.4 Å². The summed E-state index contributed by atoms with van der Waals surface area (Å²) in [5, 5.41) is 48.2. The van der Waals surface area contributed by atoms with Crippen LogP contribution in [-0.2, 0) is 93.8 Å². The highest BCUT2D eigenvalue weighted by Gasteiger charge is 2.47. The minimum absolute atomic E-state index is 0.0285. The molecule has 448 valence electrons. The van der Waals surface area contributed by atoms with Gasteiger partial charge in [0, 0.05) is 54.1 Å². The first-order valence-corrected chi connectivity index (χ1v) is 27.5. The fourth-order valence-electron chi connectivity index (χ4n) is 11.0. The molecule has 5 heterocycles. The minimum atomic E-state index is -2.08. The van der Waals surface area contributed by atoms with Gasteiger partial charge in [0.05, 0.1) is 54.7 Å². The van der Waals surface area contributed by atoms with Crippen molar-refractivity contribution in [1.82, 2.24) is 51.7 Å². The van der Waals surface area contributed by atoms with Gasteiger partial charge in [-0.05, 0) is 79.7 Å². The fourth-order valence-corrected chi connectivity index (χ4v) is 11.0. The number of hydrogen-bond donors (Lipinski definition) is 10. The number of rotatable bonds is 26. The van der Waals surface area contributed by atoms with Gasteiger partial charge in [0.1, 0.15) is 43.4 Å². The van der Waals surface area contributed by atoms with Gasteiger partial charge in [-0.15, -0.1) is 0 Å². The quantitative estimate of drug-likeness (QED) is 0.0176. The third-order valence-electron chi connectivity index (χ3n) is 15.7. The molecule has 0 bridgehead atoms. The first-order chi connectivity index (χ1) is 40.6. The maximum absolute atomic E-state index is 15.5. The van der Waals surface area contributed by atoms with E-state index in [1.165, 1.54) is 10.6 Å². The number of nitrogens with one attached hydrogen (secondary N) is 7. The van der Waals surface area contributed by atoms with Crippen LogP contribution >= 0.6 is 0 Å². The average molecular weight is 1180 g/mol. The van der Waals surface area contributed by atoms with Gasteiger partial charge in [0.25, 0.3) is 17.4 Å². The first kappa shape index (κ1) is 60.3. The number of carbonyl (C=O) groups is 11. The molecule has 27 nitrogen and oxygen atoms in total. The molecule has 85 heavy (non-hydrogen) atoms. The monoisotopic (exact) mass is 1180 g/mol. The lowest BCUT2D eigenvalue weighted by Crippen LogP contribution is -2.57. The van der Waals surface area contributed by atoms with E-state index in [9.17, 15) is 67.7 Å². The van der Waals surface area contributed by atoms with E-state index in [1.54, 1.807) is 50.2 Å². The van der Waals surface area contributed by atoms with Crippen LogP contribution in [0.15, 0.2) is 59.4 Å². The highest BCUT2D eigenvalue weighted by atomic mass is 19.1. The highest BCUT2D eigenvalue weighted by molar-refractivity contribution is 6.15. The summed E-state index contributed by atoms with van der Waals surface area (Å²) < 4.78 is 28.3. The average Bonchev–Trinajstić information content (AvgIpc) is 1.79. The second kappa shape index (κ2) is 25.3. The van der Waals surface area contributed by atoms with Gasteiger partial charge < -0.3 is 66.6 Å². The molecule has 0 saturated heterocycles. The van der Waals surface area contributed by atoms with Crippen LogP contribution in [0.3, 0.4) is 0 Å². The number of cyclic esters (lactones) is 1. The van der Waals surface area contributed by atoms with E-state index in [2.05, 4.69) is 37.2 Å². The number of imide groups is 1. The molecule has 8 amide bonds. The lowest BCUT2D eigenvalue weighted by molar-refractivity contribution is -0.172. The van der Waals surface area contributed by atoms with Crippen molar-refractivity contribution in [3.63, 3.8) is 0 Å². The predicted molar refractivity (Wildman–Crippen MR) is 291 cm³/mol. The normalized spacial score (nSPS) is 18.7. The van der Waals surface area contributed by atoms with Crippen LogP contribution in [0, 0.1) is 18.7 Å². The van der Waals surface area contributed by atoms with Gasteiger partial charge in [-0.2, -0.15) is 0 Å². The van der Waals surface area contributed by atoms with E-state index in [0.29, 0.717) is 80.7 Å². The Hall–Kier alpha value is -9.28. The molecule has 9 rings (SSSR count). The Morgan fingerprint density at radius 2 is 1.52 bits per heavy atom. The number of carboxylic acid groups (broad SMARTS) is 2. The number of carboxylic acids is 2. The van der Waals surface area contributed by atoms with Gasteiger partial charge in [0.2, 0.25) is 35.4 Å². The zero-order chi connectivity index (χ0) is 61.0. The van der Waals surface area contributed by atoms with Crippen LogP contribution in [0.2, 0.25) is 0 Å². The largest absolute Gasteiger partial charge is 0.481 e. The van der Waals surface area contributed by atoms with Crippen molar-refractivity contribution >= 4 is 76.1 Å². The summed E-state index contributed by atoms with van der Waals surface area (Å²) in [6.45, 7) is -0.229. The number of amides is 8. The molecule has 1 saturated carbocycles. The van der Waals surface area contributed by atoms with Crippen molar-refractivity contribution in [1.29, 1.82) is 0 Å². The van der Waals surface area contributed by atoms with Crippen molar-refractivity contribution in [2.24, 2.45) is 5.92 Å². The molecule has 6 atom stereocenters. The standard InChI is InChI=1S/C57H61FN10O17/c1-3-57(83)33-18-39-49-31(24-67(39)54(79)32(33)25-84-56(57)82)48-35(12-11-30-27(2)34(58)19-37(65-49)47(30)48)66-53(78)50(29-9-10-29)85-26-63-42(70)22-61-51(76)38(17-28-7-5-4-6-8-28)64-43(71)23-60-41(69)21-62-52(77)40(68-44(72)14-15-45(68)73)20-59-36(55(80)81)13-16-46(74)75/h4-8,14-15,18-19,29,35-36,38,40,50,59,83H,3,9-13,16-17,20-26H2,1-2H3,(H,60,69)(H,61,76)(H,62,77)(H,63,70)(H,64,71)(H,66,78)(H,74,75)(H,80,81)/t35-,36?,38-,40-,50-,57-/m0/s1. The molecule has 0 radical (unpaired) electrons. The van der Waals surface area contributed by atoms with Crippen LogP contribution < -0.4 is 42.8 Å². The third kappa shape index (κ3) is 12.9. The summed E-state index contributed by atoms with van der Waals surface area (Å²) in [4.78, 5) is 160. The minimum Gasteiger partial charge on any atom is -0.481 e. The van der Waals surface area contributed by atoms with E-state index in [4.69, 9.17) is 19.6 Å². The van der Waals surface area contributed by atoms with Crippen molar-refractivity contribution < 1.29 is 81.9 Å². The number of pyridine rings is 2. The van der Waals surface area contributed by atoms with E-state index < -0.39 is 158 Å². The van der Waals surface area contributed by atoms with E-state index in [0.717, 1.165) is 12.2 Å². The summed E-state index contributed by atoms with van der Waals surface area (Å²) in [6, 6.07) is 6.26. The third-order valence-corrected chi connectivity index (χ3v) is 15.7. The number of aryl methyl sites for hydroxylation is 1. The summed E-state index contributed by atoms with van der Waals surface area (Å²) in [5.74, 6) is -11.0. The molecule has 28 heteroatoms. The maximum atomic E-state index is 15.5. The van der Waals surface area contributed by atoms with Crippen molar-refractivity contribution in [2.45, 2.75) is 114 Å². The van der Waals surface area contributed by atoms with Gasteiger partial charge in [-0.25, -0.2) is 14.2 Å². The van der Waals surface area contributed by atoms with Crippen LogP contribution in [0.1, 0.15) is 90.4 Å². The van der Waals surface area contributed by atoms with Gasteiger partial charge in [0.15, 0.2) is 5.60 Å². The number of aliphatic hydroxyl groups is 1. The predicted octanol–water partition coefficient (Wildman–Crippen LogP) is -1.22. The molecule has 3 aliphatic heterocycles. The number of esters is 1. The lowest BCUT2D eigenvalue weighted by Gasteiger charge is -2.31. The molecule has 4 aromatic rings. The number of carbonyl (C=O) groups excluding carboxylic acids is 9. The Labute approximate surface area is 482 Å². The molecule has 10 N–H and O–H groups in total. The van der Waals surface area contributed by atoms with Crippen molar-refractivity contribution in [2.75, 3.05) is 32.9 Å². The molecular weight excluding hydrogens is 1120 g/mol. The van der Waals surface area contributed by atoms with Crippen LogP contribution in [0.4, 0.5) is 4.39 Å². The molecule has 5 aliphatic rings. The number of aromatic nitrogens is 2. The Bertz CT molecular complexity index is 3530. The lowest BCUT2D eigenvalue weighted by atomic mass is 9.81. The van der Waals surface area contributed by atoms with E-state index in [1.807, 2.05) is 0 Å². The zero-order valence-electron chi connectivity index (χ0n) is 46.0. The van der Waals surface area contributed by atoms with E-state index >= 15 is 4.39 Å². The summed E-state index contributed by atoms with van der Waals surface area (Å²) in [5.41, 5.74) is 1.60. The van der Waals surface area contributed by atoms with Crippen LogP contribution in [-0.4, -0.2) is 152 Å². The molecule has 2 aliphatic carbocycles. The molecule has 1 unspecified atom stereocenters. The number of benzene rings is 2. The molecule has 0 spiro atoms. The SMILES string of the molecule is CC[C@@]1(O)C(=O)OCc2c1cc1n(c2=O)Cc2c-1nc1cc(F)c(C)c3c1c2[C@@H](NC(=O)[C@@H](OCNC(=O)CNC(=O)[C@H](Cc1ccccc1)NC(=O)CNC(=O)CNC(=O)[C@H](CNC(CCC(=O)O)C(=O)O)N1C(=O)C=CC1=O)C1CC1)CC3. The highest BCUT2D eigenvalue weighted by Crippen LogP contribution is 2.46. The maximum Gasteiger partial charge on any atom is 0.343 e. The Kier molecular flexibility index (Phi) is 17.9. The summed E-state index contributed by atoms with van der Waals surface area (Å²) in [6.07, 6.45) is 1.67. The number of halogens is 1. The van der Waals surface area contributed by atoms with Gasteiger partial charge >= 0.3 is 17.9 Å². The number of aliphatic carboxylic acids is 2. The second-order valence-electron chi connectivity index (χ2n) is 21.2. The summed E-state index contributed by atoms with van der Waals surface area (Å²) >= 11 is 0. The fraction of sp³-hybridized carbons (Fsp3) is 0.421.